The smallest absolute Gasteiger partial charge is 0.256 e. The van der Waals surface area contributed by atoms with E-state index in [0.29, 0.717) is 24.9 Å². The molecule has 0 radical (unpaired) electrons. The standard InChI is InChI=1S/C15H17N5O2/c1-20-12(10-4-2-3-5-11(10)18-20)14-17-15(22-19-14)13-9(8-16)6-7-21-13/h2-5,9,13H,6-8,16H2,1H3/t9-,13-/m0/s1. The molecule has 0 unspecified atom stereocenters. The quantitative estimate of drug-likeness (QED) is 0.790. The minimum absolute atomic E-state index is 0.203. The van der Waals surface area contributed by atoms with E-state index in [-0.39, 0.29) is 12.0 Å². The third-order valence-electron chi connectivity index (χ3n) is 4.15. The second-order valence-electron chi connectivity index (χ2n) is 5.52. The normalized spacial score (nSPS) is 21.7. The first-order valence-electron chi connectivity index (χ1n) is 7.35. The lowest BCUT2D eigenvalue weighted by atomic mass is 10.0. The van der Waals surface area contributed by atoms with Crippen molar-refractivity contribution < 1.29 is 9.26 Å². The van der Waals surface area contributed by atoms with Crippen molar-refractivity contribution in [2.75, 3.05) is 13.2 Å². The lowest BCUT2D eigenvalue weighted by molar-refractivity contribution is 0.0642. The van der Waals surface area contributed by atoms with E-state index < -0.39 is 0 Å². The predicted molar refractivity (Wildman–Crippen MR) is 79.9 cm³/mol. The molecule has 1 saturated heterocycles. The maximum Gasteiger partial charge on any atom is 0.256 e. The Morgan fingerprint density at radius 1 is 1.36 bits per heavy atom. The third-order valence-corrected chi connectivity index (χ3v) is 4.15. The monoisotopic (exact) mass is 299 g/mol. The molecule has 0 aliphatic carbocycles. The summed E-state index contributed by atoms with van der Waals surface area (Å²) in [6.45, 7) is 1.23. The molecule has 7 heteroatoms. The number of nitrogens with two attached hydrogens (primary N) is 1. The van der Waals surface area contributed by atoms with E-state index in [2.05, 4.69) is 15.2 Å². The number of hydrogen-bond acceptors (Lipinski definition) is 6. The number of aromatic nitrogens is 4. The minimum atomic E-state index is -0.203. The molecule has 0 spiro atoms. The van der Waals surface area contributed by atoms with Crippen LogP contribution >= 0.6 is 0 Å². The zero-order valence-corrected chi connectivity index (χ0v) is 12.3. The maximum absolute atomic E-state index is 5.78. The molecule has 7 nitrogen and oxygen atoms in total. The average Bonchev–Trinajstić information content (AvgIpc) is 3.23. The van der Waals surface area contributed by atoms with Gasteiger partial charge in [0.1, 0.15) is 11.8 Å². The summed E-state index contributed by atoms with van der Waals surface area (Å²) in [5, 5.41) is 9.59. The lowest BCUT2D eigenvalue weighted by Crippen LogP contribution is -2.18. The molecule has 3 heterocycles. The molecule has 2 N–H and O–H groups in total. The number of rotatable bonds is 3. The van der Waals surface area contributed by atoms with Gasteiger partial charge in [0, 0.05) is 25.0 Å². The fraction of sp³-hybridized carbons (Fsp3) is 0.400. The molecular formula is C15H17N5O2. The summed E-state index contributed by atoms with van der Waals surface area (Å²) < 4.78 is 12.9. The SMILES string of the molecule is Cn1nc2ccccc2c1-c1noc([C@H]2OCC[C@H]2CN)n1. The predicted octanol–water partition coefficient (Wildman–Crippen LogP) is 1.66. The van der Waals surface area contributed by atoms with Crippen LogP contribution in [-0.2, 0) is 11.8 Å². The fourth-order valence-corrected chi connectivity index (χ4v) is 3.01. The summed E-state index contributed by atoms with van der Waals surface area (Å²) in [7, 11) is 1.88. The van der Waals surface area contributed by atoms with Crippen LogP contribution in [0, 0.1) is 5.92 Å². The highest BCUT2D eigenvalue weighted by Gasteiger charge is 2.33. The Morgan fingerprint density at radius 3 is 3.09 bits per heavy atom. The number of aryl methyl sites for hydroxylation is 1. The second kappa shape index (κ2) is 5.19. The van der Waals surface area contributed by atoms with Gasteiger partial charge in [0.05, 0.1) is 5.52 Å². The molecule has 114 valence electrons. The van der Waals surface area contributed by atoms with Gasteiger partial charge in [-0.15, -0.1) is 0 Å². The van der Waals surface area contributed by atoms with E-state index in [1.165, 1.54) is 0 Å². The molecule has 4 rings (SSSR count). The van der Waals surface area contributed by atoms with Gasteiger partial charge in [-0.25, -0.2) is 0 Å². The van der Waals surface area contributed by atoms with Gasteiger partial charge in [-0.2, -0.15) is 10.1 Å². The summed E-state index contributed by atoms with van der Waals surface area (Å²) in [5.74, 6) is 1.25. The van der Waals surface area contributed by atoms with Gasteiger partial charge in [0.2, 0.25) is 5.82 Å². The van der Waals surface area contributed by atoms with Gasteiger partial charge in [0.15, 0.2) is 0 Å². The molecule has 1 aromatic carbocycles. The Bertz CT molecular complexity index is 809. The first kappa shape index (κ1) is 13.4. The molecule has 3 aromatic rings. The first-order chi connectivity index (χ1) is 10.8. The van der Waals surface area contributed by atoms with Crippen molar-refractivity contribution in [3.05, 3.63) is 30.2 Å². The van der Waals surface area contributed by atoms with Crippen LogP contribution in [0.15, 0.2) is 28.8 Å². The van der Waals surface area contributed by atoms with Crippen molar-refractivity contribution in [3.63, 3.8) is 0 Å². The van der Waals surface area contributed by atoms with Crippen LogP contribution in [0.4, 0.5) is 0 Å². The van der Waals surface area contributed by atoms with Crippen molar-refractivity contribution in [3.8, 4) is 11.5 Å². The number of nitrogens with zero attached hydrogens (tertiary/aromatic N) is 4. The van der Waals surface area contributed by atoms with E-state index in [1.807, 2.05) is 31.3 Å². The topological polar surface area (TPSA) is 92.0 Å². The van der Waals surface area contributed by atoms with Crippen molar-refractivity contribution in [1.29, 1.82) is 0 Å². The second-order valence-corrected chi connectivity index (χ2v) is 5.52. The van der Waals surface area contributed by atoms with Crippen LogP contribution in [-0.4, -0.2) is 33.1 Å². The van der Waals surface area contributed by atoms with Gasteiger partial charge in [-0.05, 0) is 19.0 Å². The molecule has 22 heavy (non-hydrogen) atoms. The van der Waals surface area contributed by atoms with Crippen LogP contribution in [0.2, 0.25) is 0 Å². The molecule has 2 aromatic heterocycles. The maximum atomic E-state index is 5.78. The van der Waals surface area contributed by atoms with Crippen LogP contribution in [0.1, 0.15) is 18.4 Å². The largest absolute Gasteiger partial charge is 0.368 e. The van der Waals surface area contributed by atoms with Crippen molar-refractivity contribution in [1.82, 2.24) is 19.9 Å². The highest BCUT2D eigenvalue weighted by molar-refractivity contribution is 5.91. The highest BCUT2D eigenvalue weighted by Crippen LogP contribution is 2.34. The van der Waals surface area contributed by atoms with Crippen molar-refractivity contribution in [2.24, 2.45) is 18.7 Å². The fourth-order valence-electron chi connectivity index (χ4n) is 3.01. The molecule has 0 amide bonds. The van der Waals surface area contributed by atoms with E-state index in [9.17, 15) is 0 Å². The zero-order valence-electron chi connectivity index (χ0n) is 12.3. The van der Waals surface area contributed by atoms with Gasteiger partial charge in [0.25, 0.3) is 5.89 Å². The first-order valence-corrected chi connectivity index (χ1v) is 7.35. The van der Waals surface area contributed by atoms with Crippen LogP contribution < -0.4 is 5.73 Å². The van der Waals surface area contributed by atoms with Gasteiger partial charge >= 0.3 is 0 Å². The number of fused-ring (bicyclic) bond motifs is 1. The zero-order chi connectivity index (χ0) is 15.1. The molecule has 0 bridgehead atoms. The van der Waals surface area contributed by atoms with Gasteiger partial charge in [-0.3, -0.25) is 4.68 Å². The Kier molecular flexibility index (Phi) is 3.16. The van der Waals surface area contributed by atoms with Crippen LogP contribution in [0.3, 0.4) is 0 Å². The van der Waals surface area contributed by atoms with Crippen molar-refractivity contribution in [2.45, 2.75) is 12.5 Å². The lowest BCUT2D eigenvalue weighted by Gasteiger charge is -2.11. The Morgan fingerprint density at radius 2 is 2.23 bits per heavy atom. The number of ether oxygens (including phenoxy) is 1. The molecule has 0 saturated carbocycles. The van der Waals surface area contributed by atoms with Crippen molar-refractivity contribution >= 4 is 10.9 Å². The van der Waals surface area contributed by atoms with Crippen LogP contribution in [0.5, 0.6) is 0 Å². The minimum Gasteiger partial charge on any atom is -0.368 e. The summed E-state index contributed by atoms with van der Waals surface area (Å²) in [5.41, 5.74) is 7.52. The Balaban J connectivity index is 1.76. The van der Waals surface area contributed by atoms with E-state index in [0.717, 1.165) is 23.0 Å². The highest BCUT2D eigenvalue weighted by atomic mass is 16.5. The molecule has 2 atom stereocenters. The van der Waals surface area contributed by atoms with E-state index in [1.54, 1.807) is 4.68 Å². The van der Waals surface area contributed by atoms with E-state index >= 15 is 0 Å². The molecule has 1 aliphatic heterocycles. The summed E-state index contributed by atoms with van der Waals surface area (Å²) in [6, 6.07) is 7.89. The number of benzene rings is 1. The van der Waals surface area contributed by atoms with Crippen LogP contribution in [0.25, 0.3) is 22.4 Å². The molecule has 1 aliphatic rings. The summed E-state index contributed by atoms with van der Waals surface area (Å²) >= 11 is 0. The van der Waals surface area contributed by atoms with Gasteiger partial charge in [-0.1, -0.05) is 23.4 Å². The molecule has 1 fully saturated rings. The average molecular weight is 299 g/mol. The molecular weight excluding hydrogens is 282 g/mol. The Hall–Kier alpha value is -2.25. The number of hydrogen-bond donors (Lipinski definition) is 1. The third kappa shape index (κ3) is 2.01. The van der Waals surface area contributed by atoms with Gasteiger partial charge < -0.3 is 15.0 Å². The van der Waals surface area contributed by atoms with E-state index in [4.69, 9.17) is 15.0 Å². The summed E-state index contributed by atoms with van der Waals surface area (Å²) in [6.07, 6.45) is 0.721. The summed E-state index contributed by atoms with van der Waals surface area (Å²) in [4.78, 5) is 4.52. The Labute approximate surface area is 127 Å².